The summed E-state index contributed by atoms with van der Waals surface area (Å²) in [5, 5.41) is 10.1. The Labute approximate surface area is 120 Å². The Hall–Kier alpha value is -1.11. The van der Waals surface area contributed by atoms with Gasteiger partial charge in [-0.3, -0.25) is 0 Å². The number of nitrogens with two attached hydrogens (primary N) is 1. The van der Waals surface area contributed by atoms with Crippen LogP contribution in [0.2, 0.25) is 0 Å². The quantitative estimate of drug-likeness (QED) is 0.809. The molecule has 3 N–H and O–H groups in total. The summed E-state index contributed by atoms with van der Waals surface area (Å²) >= 11 is 0. The number of aliphatic hydroxyl groups is 1. The van der Waals surface area contributed by atoms with Gasteiger partial charge < -0.3 is 10.8 Å². The highest BCUT2D eigenvalue weighted by Gasteiger charge is 2.36. The van der Waals surface area contributed by atoms with Crippen LogP contribution in [-0.4, -0.2) is 36.5 Å². The largest absolute Gasteiger partial charge is 0.398 e. The van der Waals surface area contributed by atoms with Crippen molar-refractivity contribution in [1.29, 1.82) is 0 Å². The third-order valence-electron chi connectivity index (χ3n) is 3.88. The van der Waals surface area contributed by atoms with E-state index in [0.29, 0.717) is 19.4 Å². The third-order valence-corrected chi connectivity index (χ3v) is 5.78. The first kappa shape index (κ1) is 15.3. The lowest BCUT2D eigenvalue weighted by Gasteiger charge is -2.36. The van der Waals surface area contributed by atoms with E-state index in [1.165, 1.54) is 4.31 Å². The lowest BCUT2D eigenvalue weighted by molar-refractivity contribution is 0.00941. The van der Waals surface area contributed by atoms with E-state index in [1.54, 1.807) is 19.1 Å². The maximum Gasteiger partial charge on any atom is 0.245 e. The first-order chi connectivity index (χ1) is 9.13. The number of hydrogen-bond acceptors (Lipinski definition) is 4. The Morgan fingerprint density at radius 1 is 1.30 bits per heavy atom. The molecule has 1 aliphatic rings. The fourth-order valence-electron chi connectivity index (χ4n) is 2.55. The molecule has 0 aliphatic carbocycles. The minimum atomic E-state index is -3.65. The average Bonchev–Trinajstić information content (AvgIpc) is 2.32. The Morgan fingerprint density at radius 3 is 2.50 bits per heavy atom. The van der Waals surface area contributed by atoms with Crippen molar-refractivity contribution in [2.24, 2.45) is 0 Å². The highest BCUT2D eigenvalue weighted by Crippen LogP contribution is 2.30. The van der Waals surface area contributed by atoms with Crippen LogP contribution in [0.3, 0.4) is 0 Å². The first-order valence-corrected chi connectivity index (χ1v) is 8.17. The van der Waals surface area contributed by atoms with E-state index in [2.05, 4.69) is 0 Å². The van der Waals surface area contributed by atoms with Crippen molar-refractivity contribution in [1.82, 2.24) is 4.31 Å². The van der Waals surface area contributed by atoms with E-state index in [-0.39, 0.29) is 17.1 Å². The van der Waals surface area contributed by atoms with Crippen LogP contribution >= 0.6 is 0 Å². The topological polar surface area (TPSA) is 83.6 Å². The molecule has 1 fully saturated rings. The summed E-state index contributed by atoms with van der Waals surface area (Å²) < 4.78 is 26.7. The maximum atomic E-state index is 12.7. The number of rotatable bonds is 2. The van der Waals surface area contributed by atoms with Gasteiger partial charge in [-0.25, -0.2) is 8.42 Å². The predicted octanol–water partition coefficient (Wildman–Crippen LogP) is 1.42. The number of sulfonamides is 1. The minimum Gasteiger partial charge on any atom is -0.398 e. The fraction of sp³-hybridized carbons (Fsp3) is 0.571. The number of β-amino-alcohol motifs (C(OH)–C–C–N with tert-alkyl or cyclic N) is 1. The molecule has 0 saturated carbocycles. The number of aryl methyl sites for hydroxylation is 2. The molecule has 0 amide bonds. The summed E-state index contributed by atoms with van der Waals surface area (Å²) in [6.45, 7) is 5.96. The van der Waals surface area contributed by atoms with E-state index in [1.807, 2.05) is 13.8 Å². The molecule has 1 heterocycles. The predicted molar refractivity (Wildman–Crippen MR) is 78.9 cm³/mol. The molecule has 1 unspecified atom stereocenters. The number of benzene rings is 1. The van der Waals surface area contributed by atoms with E-state index >= 15 is 0 Å². The Bertz CT molecular complexity index is 624. The molecule has 0 bridgehead atoms. The Balaban J connectivity index is 2.43. The van der Waals surface area contributed by atoms with Crippen LogP contribution in [0.4, 0.5) is 5.69 Å². The van der Waals surface area contributed by atoms with Gasteiger partial charge in [-0.05, 0) is 56.9 Å². The zero-order chi connectivity index (χ0) is 15.1. The smallest absolute Gasteiger partial charge is 0.245 e. The minimum absolute atomic E-state index is 0.113. The van der Waals surface area contributed by atoms with E-state index < -0.39 is 15.6 Å². The van der Waals surface area contributed by atoms with Gasteiger partial charge in [0.25, 0.3) is 0 Å². The van der Waals surface area contributed by atoms with Crippen LogP contribution in [0.5, 0.6) is 0 Å². The van der Waals surface area contributed by atoms with Crippen molar-refractivity contribution < 1.29 is 13.5 Å². The van der Waals surface area contributed by atoms with Gasteiger partial charge in [0.15, 0.2) is 0 Å². The maximum absolute atomic E-state index is 12.7. The highest BCUT2D eigenvalue weighted by molar-refractivity contribution is 7.89. The number of hydrogen-bond donors (Lipinski definition) is 2. The van der Waals surface area contributed by atoms with Crippen LogP contribution in [0.15, 0.2) is 17.0 Å². The molecular formula is C14H22N2O3S. The van der Waals surface area contributed by atoms with Gasteiger partial charge in [0.1, 0.15) is 4.90 Å². The van der Waals surface area contributed by atoms with E-state index in [0.717, 1.165) is 11.1 Å². The monoisotopic (exact) mass is 298 g/mol. The van der Waals surface area contributed by atoms with Crippen molar-refractivity contribution in [2.45, 2.75) is 44.1 Å². The molecule has 112 valence electrons. The zero-order valence-electron chi connectivity index (χ0n) is 12.2. The second-order valence-electron chi connectivity index (χ2n) is 5.91. The van der Waals surface area contributed by atoms with Gasteiger partial charge in [0.05, 0.1) is 11.3 Å². The van der Waals surface area contributed by atoms with Crippen LogP contribution in [0, 0.1) is 13.8 Å². The Morgan fingerprint density at radius 2 is 1.90 bits per heavy atom. The van der Waals surface area contributed by atoms with Crippen LogP contribution in [-0.2, 0) is 10.0 Å². The van der Waals surface area contributed by atoms with Gasteiger partial charge >= 0.3 is 0 Å². The van der Waals surface area contributed by atoms with Crippen molar-refractivity contribution in [3.05, 3.63) is 23.3 Å². The van der Waals surface area contributed by atoms with Crippen molar-refractivity contribution in [3.8, 4) is 0 Å². The lowest BCUT2D eigenvalue weighted by atomic mass is 9.97. The van der Waals surface area contributed by atoms with Crippen molar-refractivity contribution in [3.63, 3.8) is 0 Å². The molecular weight excluding hydrogens is 276 g/mol. The molecule has 0 radical (unpaired) electrons. The second kappa shape index (κ2) is 5.02. The SMILES string of the molecule is Cc1cc(N)c(S(=O)(=O)N2CCCC(C)(O)C2)cc1C. The lowest BCUT2D eigenvalue weighted by Crippen LogP contribution is -2.48. The molecule has 0 aromatic heterocycles. The van der Waals surface area contributed by atoms with Crippen molar-refractivity contribution in [2.75, 3.05) is 18.8 Å². The molecule has 0 spiro atoms. The standard InChI is InChI=1S/C14H22N2O3S/c1-10-7-12(15)13(8-11(10)2)20(18,19)16-6-4-5-14(3,17)9-16/h7-8,17H,4-6,9,15H2,1-3H3. The third kappa shape index (κ3) is 2.82. The van der Waals surface area contributed by atoms with Gasteiger partial charge in [0, 0.05) is 13.1 Å². The van der Waals surface area contributed by atoms with Gasteiger partial charge in [-0.2, -0.15) is 4.31 Å². The number of nitrogens with zero attached hydrogens (tertiary/aromatic N) is 1. The molecule has 1 saturated heterocycles. The summed E-state index contributed by atoms with van der Waals surface area (Å²) in [5.74, 6) is 0. The summed E-state index contributed by atoms with van der Waals surface area (Å²) in [4.78, 5) is 0.137. The summed E-state index contributed by atoms with van der Waals surface area (Å²) in [6, 6.07) is 3.30. The van der Waals surface area contributed by atoms with Crippen LogP contribution in [0.1, 0.15) is 30.9 Å². The van der Waals surface area contributed by atoms with Crippen LogP contribution < -0.4 is 5.73 Å². The summed E-state index contributed by atoms with van der Waals surface area (Å²) in [6.07, 6.45) is 1.26. The molecule has 1 atom stereocenters. The van der Waals surface area contributed by atoms with E-state index in [4.69, 9.17) is 5.73 Å². The molecule has 6 heteroatoms. The molecule has 5 nitrogen and oxygen atoms in total. The molecule has 1 aromatic carbocycles. The van der Waals surface area contributed by atoms with Gasteiger partial charge in [-0.15, -0.1) is 0 Å². The molecule has 1 aromatic rings. The zero-order valence-corrected chi connectivity index (χ0v) is 13.0. The van der Waals surface area contributed by atoms with Crippen molar-refractivity contribution >= 4 is 15.7 Å². The van der Waals surface area contributed by atoms with Gasteiger partial charge in [0.2, 0.25) is 10.0 Å². The summed E-state index contributed by atoms with van der Waals surface area (Å²) in [7, 11) is -3.65. The molecule has 2 rings (SSSR count). The Kier molecular flexibility index (Phi) is 3.83. The fourth-order valence-corrected chi connectivity index (χ4v) is 4.33. The normalized spacial score (nSPS) is 24.8. The molecule has 20 heavy (non-hydrogen) atoms. The highest BCUT2D eigenvalue weighted by atomic mass is 32.2. The van der Waals surface area contributed by atoms with E-state index in [9.17, 15) is 13.5 Å². The molecule has 1 aliphatic heterocycles. The second-order valence-corrected chi connectivity index (χ2v) is 7.82. The number of nitrogen functional groups attached to an aromatic ring is 1. The van der Waals surface area contributed by atoms with Gasteiger partial charge in [-0.1, -0.05) is 0 Å². The number of piperidine rings is 1. The number of anilines is 1. The average molecular weight is 298 g/mol. The van der Waals surface area contributed by atoms with Crippen LogP contribution in [0.25, 0.3) is 0 Å². The first-order valence-electron chi connectivity index (χ1n) is 6.73. The summed E-state index contributed by atoms with van der Waals surface area (Å²) in [5.41, 5.74) is 7.03.